The van der Waals surface area contributed by atoms with Gasteiger partial charge in [-0.25, -0.2) is 0 Å². The highest BCUT2D eigenvalue weighted by Gasteiger charge is 2.32. The van der Waals surface area contributed by atoms with E-state index >= 15 is 0 Å². The number of carbonyl (C=O) groups is 1. The zero-order valence-electron chi connectivity index (χ0n) is 11.2. The first-order valence-electron chi connectivity index (χ1n) is 7.55. The first kappa shape index (κ1) is 12.4. The Bertz CT molecular complexity index is 301. The van der Waals surface area contributed by atoms with Gasteiger partial charge in [-0.05, 0) is 51.2 Å². The summed E-state index contributed by atoms with van der Waals surface area (Å²) in [5.74, 6) is 1.04. The van der Waals surface area contributed by atoms with Crippen LogP contribution in [0.5, 0.6) is 0 Å². The molecule has 102 valence electrons. The summed E-state index contributed by atoms with van der Waals surface area (Å²) in [6.07, 6.45) is 5.75. The van der Waals surface area contributed by atoms with Gasteiger partial charge in [-0.1, -0.05) is 0 Å². The van der Waals surface area contributed by atoms with Crippen molar-refractivity contribution in [2.45, 2.75) is 38.1 Å². The van der Waals surface area contributed by atoms with Crippen molar-refractivity contribution in [2.75, 3.05) is 39.3 Å². The van der Waals surface area contributed by atoms with E-state index in [0.717, 1.165) is 39.1 Å². The molecule has 3 fully saturated rings. The predicted molar refractivity (Wildman–Crippen MR) is 71.4 cm³/mol. The number of amides is 1. The molecule has 3 heterocycles. The van der Waals surface area contributed by atoms with Crippen LogP contribution in [0.1, 0.15) is 32.1 Å². The highest BCUT2D eigenvalue weighted by Crippen LogP contribution is 2.23. The molecular weight excluding hydrogens is 226 g/mol. The Morgan fingerprint density at radius 2 is 1.94 bits per heavy atom. The molecule has 18 heavy (non-hydrogen) atoms. The van der Waals surface area contributed by atoms with Gasteiger partial charge in [0.2, 0.25) is 5.91 Å². The Labute approximate surface area is 110 Å². The van der Waals surface area contributed by atoms with Gasteiger partial charge >= 0.3 is 0 Å². The molecule has 1 amide bonds. The summed E-state index contributed by atoms with van der Waals surface area (Å²) in [5, 5.41) is 3.37. The van der Waals surface area contributed by atoms with Crippen LogP contribution in [-0.4, -0.2) is 61.0 Å². The maximum Gasteiger partial charge on any atom is 0.222 e. The second kappa shape index (κ2) is 5.57. The van der Waals surface area contributed by atoms with E-state index in [1.165, 1.54) is 32.2 Å². The average molecular weight is 251 g/mol. The zero-order chi connectivity index (χ0) is 12.4. The van der Waals surface area contributed by atoms with E-state index in [2.05, 4.69) is 15.1 Å². The van der Waals surface area contributed by atoms with Gasteiger partial charge in [-0.3, -0.25) is 9.69 Å². The molecular formula is C14H25N3O. The minimum absolute atomic E-state index is 0.411. The highest BCUT2D eigenvalue weighted by atomic mass is 16.2. The van der Waals surface area contributed by atoms with Gasteiger partial charge in [0.05, 0.1) is 0 Å². The molecule has 0 bridgehead atoms. The molecule has 0 aliphatic carbocycles. The van der Waals surface area contributed by atoms with Crippen molar-refractivity contribution in [1.82, 2.24) is 15.1 Å². The molecule has 3 saturated heterocycles. The van der Waals surface area contributed by atoms with Gasteiger partial charge < -0.3 is 10.2 Å². The van der Waals surface area contributed by atoms with Gasteiger partial charge in [0, 0.05) is 32.1 Å². The summed E-state index contributed by atoms with van der Waals surface area (Å²) in [6, 6.07) is 0.663. The molecule has 0 aromatic carbocycles. The fraction of sp³-hybridized carbons (Fsp3) is 0.929. The molecule has 0 saturated carbocycles. The first-order valence-corrected chi connectivity index (χ1v) is 7.55. The molecule has 1 unspecified atom stereocenters. The molecule has 0 spiro atoms. The number of hydrogen-bond donors (Lipinski definition) is 1. The number of nitrogens with one attached hydrogen (secondary N) is 1. The summed E-state index contributed by atoms with van der Waals surface area (Å²) in [5.41, 5.74) is 0. The highest BCUT2D eigenvalue weighted by molar-refractivity contribution is 5.76. The summed E-state index contributed by atoms with van der Waals surface area (Å²) in [6.45, 7) is 6.48. The molecule has 4 nitrogen and oxygen atoms in total. The third-order valence-electron chi connectivity index (χ3n) is 4.86. The van der Waals surface area contributed by atoms with Crippen LogP contribution >= 0.6 is 0 Å². The number of fused-ring (bicyclic) bond motifs is 1. The van der Waals surface area contributed by atoms with E-state index in [0.29, 0.717) is 17.9 Å². The number of piperazine rings is 1. The maximum absolute atomic E-state index is 12.3. The van der Waals surface area contributed by atoms with Gasteiger partial charge in [-0.2, -0.15) is 0 Å². The van der Waals surface area contributed by atoms with Crippen molar-refractivity contribution in [3.05, 3.63) is 0 Å². The lowest BCUT2D eigenvalue weighted by Gasteiger charge is -2.38. The van der Waals surface area contributed by atoms with Crippen LogP contribution < -0.4 is 5.32 Å². The van der Waals surface area contributed by atoms with Gasteiger partial charge in [0.25, 0.3) is 0 Å². The minimum Gasteiger partial charge on any atom is -0.340 e. The molecule has 0 radical (unpaired) electrons. The van der Waals surface area contributed by atoms with Gasteiger partial charge in [-0.15, -0.1) is 0 Å². The Morgan fingerprint density at radius 3 is 2.78 bits per heavy atom. The van der Waals surface area contributed by atoms with Crippen molar-refractivity contribution >= 4 is 5.91 Å². The van der Waals surface area contributed by atoms with Crippen LogP contribution in [0.3, 0.4) is 0 Å². The Balaban J connectivity index is 1.49. The van der Waals surface area contributed by atoms with Crippen molar-refractivity contribution in [3.8, 4) is 0 Å². The molecule has 3 rings (SSSR count). The normalized spacial score (nSPS) is 30.4. The molecule has 1 atom stereocenters. The second-order valence-electron chi connectivity index (χ2n) is 6.07. The van der Waals surface area contributed by atoms with E-state index < -0.39 is 0 Å². The molecule has 1 N–H and O–H groups in total. The van der Waals surface area contributed by atoms with E-state index in [9.17, 15) is 4.79 Å². The maximum atomic E-state index is 12.3. The predicted octanol–water partition coefficient (Wildman–Crippen LogP) is 0.683. The van der Waals surface area contributed by atoms with Crippen molar-refractivity contribution < 1.29 is 4.79 Å². The second-order valence-corrected chi connectivity index (χ2v) is 6.07. The first-order chi connectivity index (χ1) is 8.83. The van der Waals surface area contributed by atoms with Gasteiger partial charge in [0.15, 0.2) is 0 Å². The fourth-order valence-electron chi connectivity index (χ4n) is 3.68. The Hall–Kier alpha value is -0.610. The lowest BCUT2D eigenvalue weighted by molar-refractivity contribution is -0.135. The molecule has 4 heteroatoms. The van der Waals surface area contributed by atoms with Gasteiger partial charge in [0.1, 0.15) is 0 Å². The van der Waals surface area contributed by atoms with E-state index in [-0.39, 0.29) is 0 Å². The van der Waals surface area contributed by atoms with Crippen LogP contribution in [0.25, 0.3) is 0 Å². The number of rotatable bonds is 2. The van der Waals surface area contributed by atoms with Crippen molar-refractivity contribution in [3.63, 3.8) is 0 Å². The Kier molecular flexibility index (Phi) is 3.85. The van der Waals surface area contributed by atoms with Crippen LogP contribution in [0.4, 0.5) is 0 Å². The largest absolute Gasteiger partial charge is 0.340 e. The average Bonchev–Trinajstić information content (AvgIpc) is 2.87. The SMILES string of the molecule is O=C(CC1CCNCC1)N1CCN2CCCC2C1. The van der Waals surface area contributed by atoms with E-state index in [1.54, 1.807) is 0 Å². The molecule has 3 aliphatic rings. The molecule has 0 aromatic rings. The number of piperidine rings is 1. The molecule has 3 aliphatic heterocycles. The fourth-order valence-corrected chi connectivity index (χ4v) is 3.68. The topological polar surface area (TPSA) is 35.6 Å². The third kappa shape index (κ3) is 2.69. The summed E-state index contributed by atoms with van der Waals surface area (Å²) in [7, 11) is 0. The van der Waals surface area contributed by atoms with Crippen LogP contribution in [-0.2, 0) is 4.79 Å². The lowest BCUT2D eigenvalue weighted by atomic mass is 9.94. The van der Waals surface area contributed by atoms with Crippen LogP contribution in [0.2, 0.25) is 0 Å². The van der Waals surface area contributed by atoms with E-state index in [4.69, 9.17) is 0 Å². The third-order valence-corrected chi connectivity index (χ3v) is 4.86. The number of hydrogen-bond acceptors (Lipinski definition) is 3. The van der Waals surface area contributed by atoms with Crippen molar-refractivity contribution in [1.29, 1.82) is 0 Å². The standard InChI is InChI=1S/C14H25N3O/c18-14(10-12-3-5-15-6-4-12)17-9-8-16-7-1-2-13(16)11-17/h12-13,15H,1-11H2. The van der Waals surface area contributed by atoms with Crippen LogP contribution in [0, 0.1) is 5.92 Å². The smallest absolute Gasteiger partial charge is 0.222 e. The summed E-state index contributed by atoms with van der Waals surface area (Å²) < 4.78 is 0. The monoisotopic (exact) mass is 251 g/mol. The zero-order valence-corrected chi connectivity index (χ0v) is 11.2. The Morgan fingerprint density at radius 1 is 1.11 bits per heavy atom. The minimum atomic E-state index is 0.411. The summed E-state index contributed by atoms with van der Waals surface area (Å²) in [4.78, 5) is 17.0. The molecule has 0 aromatic heterocycles. The lowest BCUT2D eigenvalue weighted by Crippen LogP contribution is -2.52. The summed E-state index contributed by atoms with van der Waals surface area (Å²) >= 11 is 0. The van der Waals surface area contributed by atoms with Crippen LogP contribution in [0.15, 0.2) is 0 Å². The number of carbonyl (C=O) groups excluding carboxylic acids is 1. The van der Waals surface area contributed by atoms with E-state index in [1.807, 2.05) is 0 Å². The quantitative estimate of drug-likeness (QED) is 0.784. The number of nitrogens with zero attached hydrogens (tertiary/aromatic N) is 2. The van der Waals surface area contributed by atoms with Crippen molar-refractivity contribution in [2.24, 2.45) is 5.92 Å².